The second kappa shape index (κ2) is 7.65. The lowest BCUT2D eigenvalue weighted by molar-refractivity contribution is 0.0923. The summed E-state index contributed by atoms with van der Waals surface area (Å²) >= 11 is 11.4. The highest BCUT2D eigenvalue weighted by molar-refractivity contribution is 7.80. The van der Waals surface area contributed by atoms with Crippen LogP contribution < -0.4 is 5.32 Å². The molecule has 0 atom stereocenters. The van der Waals surface area contributed by atoms with E-state index >= 15 is 0 Å². The van der Waals surface area contributed by atoms with Crippen LogP contribution >= 0.6 is 23.8 Å². The molecule has 0 bridgehead atoms. The monoisotopic (exact) mass is 341 g/mol. The summed E-state index contributed by atoms with van der Waals surface area (Å²) in [6, 6.07) is 5.64. The normalized spacial score (nSPS) is 14.7. The van der Waals surface area contributed by atoms with Gasteiger partial charge in [-0.25, -0.2) is 4.79 Å². The van der Waals surface area contributed by atoms with Gasteiger partial charge in [-0.05, 0) is 49.8 Å². The molecule has 1 aliphatic heterocycles. The third kappa shape index (κ3) is 4.24. The highest BCUT2D eigenvalue weighted by atomic mass is 35.5. The van der Waals surface area contributed by atoms with Gasteiger partial charge >= 0.3 is 6.09 Å². The minimum absolute atomic E-state index is 0.255. The van der Waals surface area contributed by atoms with E-state index in [0.717, 1.165) is 11.3 Å². The number of hydrogen-bond donors (Lipinski definition) is 1. The lowest BCUT2D eigenvalue weighted by Crippen LogP contribution is -2.51. The standard InChI is InChI=1S/C15H20ClN3O2S/c1-3-21-15(20)19-8-6-18(7-9-19)14(22)17-13-5-4-12(16)10-11(13)2/h4-5,10H,3,6-9H2,1-2H3,(H,17,22). The van der Waals surface area contributed by atoms with Crippen molar-refractivity contribution in [1.29, 1.82) is 0 Å². The molecular formula is C15H20ClN3O2S. The number of nitrogens with one attached hydrogen (secondary N) is 1. The third-order valence-corrected chi connectivity index (χ3v) is 4.12. The number of anilines is 1. The van der Waals surface area contributed by atoms with E-state index in [4.69, 9.17) is 28.6 Å². The lowest BCUT2D eigenvalue weighted by atomic mass is 10.2. The fraction of sp³-hybridized carbons (Fsp3) is 0.467. The summed E-state index contributed by atoms with van der Waals surface area (Å²) in [7, 11) is 0. The van der Waals surface area contributed by atoms with Crippen molar-refractivity contribution in [3.8, 4) is 0 Å². The fourth-order valence-corrected chi connectivity index (χ4v) is 2.79. The number of ether oxygens (including phenoxy) is 1. The van der Waals surface area contributed by atoms with Crippen molar-refractivity contribution in [2.45, 2.75) is 13.8 Å². The van der Waals surface area contributed by atoms with Gasteiger partial charge in [0.2, 0.25) is 0 Å². The van der Waals surface area contributed by atoms with E-state index in [9.17, 15) is 4.79 Å². The highest BCUT2D eigenvalue weighted by Gasteiger charge is 2.23. The van der Waals surface area contributed by atoms with Gasteiger partial charge in [-0.15, -0.1) is 0 Å². The molecule has 1 saturated heterocycles. The van der Waals surface area contributed by atoms with Crippen molar-refractivity contribution in [1.82, 2.24) is 9.80 Å². The van der Waals surface area contributed by atoms with Crippen LogP contribution in [0.15, 0.2) is 18.2 Å². The molecule has 1 fully saturated rings. The molecule has 0 unspecified atom stereocenters. The van der Waals surface area contributed by atoms with Crippen LogP contribution in [0.25, 0.3) is 0 Å². The zero-order valence-electron chi connectivity index (χ0n) is 12.8. The Morgan fingerprint density at radius 3 is 2.55 bits per heavy atom. The number of thiocarbonyl (C=S) groups is 1. The fourth-order valence-electron chi connectivity index (χ4n) is 2.27. The number of benzene rings is 1. The van der Waals surface area contributed by atoms with Gasteiger partial charge in [0.25, 0.3) is 0 Å². The van der Waals surface area contributed by atoms with Crippen LogP contribution in [0.1, 0.15) is 12.5 Å². The smallest absolute Gasteiger partial charge is 0.409 e. The summed E-state index contributed by atoms with van der Waals surface area (Å²) < 4.78 is 5.01. The molecule has 0 saturated carbocycles. The minimum Gasteiger partial charge on any atom is -0.450 e. The van der Waals surface area contributed by atoms with E-state index < -0.39 is 0 Å². The predicted molar refractivity (Wildman–Crippen MR) is 92.6 cm³/mol. The maximum absolute atomic E-state index is 11.7. The molecule has 1 amide bonds. The Labute approximate surface area is 141 Å². The number of amides is 1. The number of hydrogen-bond acceptors (Lipinski definition) is 3. The first-order chi connectivity index (χ1) is 10.5. The molecule has 1 N–H and O–H groups in total. The Balaban J connectivity index is 1.88. The molecule has 1 aromatic carbocycles. The molecular weight excluding hydrogens is 322 g/mol. The minimum atomic E-state index is -0.255. The van der Waals surface area contributed by atoms with Crippen molar-refractivity contribution in [3.05, 3.63) is 28.8 Å². The Hall–Kier alpha value is -1.53. The third-order valence-electron chi connectivity index (χ3n) is 3.52. The van der Waals surface area contributed by atoms with Gasteiger partial charge in [0.1, 0.15) is 0 Å². The maximum atomic E-state index is 11.7. The van der Waals surface area contributed by atoms with E-state index in [2.05, 4.69) is 10.2 Å². The van der Waals surface area contributed by atoms with Crippen molar-refractivity contribution in [2.24, 2.45) is 0 Å². The lowest BCUT2D eigenvalue weighted by Gasteiger charge is -2.35. The molecule has 0 aromatic heterocycles. The number of rotatable bonds is 2. The van der Waals surface area contributed by atoms with Gasteiger partial charge in [0, 0.05) is 36.9 Å². The SMILES string of the molecule is CCOC(=O)N1CCN(C(=S)Nc2ccc(Cl)cc2C)CC1. The highest BCUT2D eigenvalue weighted by Crippen LogP contribution is 2.20. The Kier molecular flexibility index (Phi) is 5.85. The second-order valence-corrected chi connectivity index (χ2v) is 5.89. The van der Waals surface area contributed by atoms with Gasteiger partial charge < -0.3 is 19.9 Å². The number of carbonyl (C=O) groups is 1. The van der Waals surface area contributed by atoms with Crippen molar-refractivity contribution in [3.63, 3.8) is 0 Å². The number of nitrogens with zero attached hydrogens (tertiary/aromatic N) is 2. The predicted octanol–water partition coefficient (Wildman–Crippen LogP) is 3.12. The van der Waals surface area contributed by atoms with Crippen LogP contribution in [0.4, 0.5) is 10.5 Å². The zero-order chi connectivity index (χ0) is 16.1. The first-order valence-corrected chi connectivity index (χ1v) is 8.03. The summed E-state index contributed by atoms with van der Waals surface area (Å²) in [5.74, 6) is 0. The van der Waals surface area contributed by atoms with Crippen molar-refractivity contribution < 1.29 is 9.53 Å². The van der Waals surface area contributed by atoms with Gasteiger partial charge in [0.15, 0.2) is 5.11 Å². The number of carbonyl (C=O) groups excluding carboxylic acids is 1. The molecule has 22 heavy (non-hydrogen) atoms. The molecule has 120 valence electrons. The average Bonchev–Trinajstić information content (AvgIpc) is 2.50. The van der Waals surface area contributed by atoms with Crippen molar-refractivity contribution >= 4 is 40.7 Å². The molecule has 5 nitrogen and oxygen atoms in total. The van der Waals surface area contributed by atoms with Gasteiger partial charge in [-0.3, -0.25) is 0 Å². The molecule has 0 radical (unpaired) electrons. The summed E-state index contributed by atoms with van der Waals surface area (Å²) in [6.45, 7) is 6.79. The summed E-state index contributed by atoms with van der Waals surface area (Å²) in [5.41, 5.74) is 1.99. The van der Waals surface area contributed by atoms with E-state index in [0.29, 0.717) is 42.9 Å². The number of aryl methyl sites for hydroxylation is 1. The Morgan fingerprint density at radius 2 is 1.95 bits per heavy atom. The van der Waals surface area contributed by atoms with Crippen LogP contribution in [-0.4, -0.2) is 53.8 Å². The molecule has 0 aliphatic carbocycles. The van der Waals surface area contributed by atoms with Crippen LogP contribution in [0.2, 0.25) is 5.02 Å². The van der Waals surface area contributed by atoms with Gasteiger partial charge in [-0.1, -0.05) is 11.6 Å². The van der Waals surface area contributed by atoms with E-state index in [-0.39, 0.29) is 6.09 Å². The topological polar surface area (TPSA) is 44.8 Å². The zero-order valence-corrected chi connectivity index (χ0v) is 14.3. The van der Waals surface area contributed by atoms with Crippen LogP contribution in [-0.2, 0) is 4.74 Å². The Bertz CT molecular complexity index is 560. The quantitative estimate of drug-likeness (QED) is 0.837. The molecule has 1 aromatic rings. The Morgan fingerprint density at radius 1 is 1.32 bits per heavy atom. The first-order valence-electron chi connectivity index (χ1n) is 7.25. The molecule has 1 heterocycles. The molecule has 2 rings (SSSR count). The molecule has 7 heteroatoms. The number of halogens is 1. The van der Waals surface area contributed by atoms with Gasteiger partial charge in [0.05, 0.1) is 6.61 Å². The van der Waals surface area contributed by atoms with Crippen LogP contribution in [0.5, 0.6) is 0 Å². The number of piperazine rings is 1. The second-order valence-electron chi connectivity index (χ2n) is 5.06. The average molecular weight is 342 g/mol. The summed E-state index contributed by atoms with van der Waals surface area (Å²) in [5, 5.41) is 4.61. The molecule has 1 aliphatic rings. The summed E-state index contributed by atoms with van der Waals surface area (Å²) in [4.78, 5) is 15.4. The largest absolute Gasteiger partial charge is 0.450 e. The summed E-state index contributed by atoms with van der Waals surface area (Å²) in [6.07, 6.45) is -0.255. The van der Waals surface area contributed by atoms with Crippen molar-refractivity contribution in [2.75, 3.05) is 38.1 Å². The van der Waals surface area contributed by atoms with E-state index in [1.165, 1.54) is 0 Å². The van der Waals surface area contributed by atoms with Gasteiger partial charge in [-0.2, -0.15) is 0 Å². The van der Waals surface area contributed by atoms with Crippen LogP contribution in [0.3, 0.4) is 0 Å². The first kappa shape index (κ1) is 16.8. The molecule has 0 spiro atoms. The van der Waals surface area contributed by atoms with E-state index in [1.807, 2.05) is 32.0 Å². The maximum Gasteiger partial charge on any atom is 0.409 e. The van der Waals surface area contributed by atoms with Crippen LogP contribution in [0, 0.1) is 6.92 Å². The van der Waals surface area contributed by atoms with E-state index in [1.54, 1.807) is 4.90 Å².